The minimum atomic E-state index is -4.38. The van der Waals surface area contributed by atoms with E-state index < -0.39 is 18.6 Å². The van der Waals surface area contributed by atoms with E-state index in [1.807, 2.05) is 12.3 Å². The second-order valence-corrected chi connectivity index (χ2v) is 10.5. The third kappa shape index (κ3) is 5.76. The maximum Gasteiger partial charge on any atom is 0.408 e. The Kier molecular flexibility index (Phi) is 6.76. The maximum atomic E-state index is 13.3. The number of carbonyl (C=O) groups excluding carboxylic acids is 1. The van der Waals surface area contributed by atoms with E-state index in [0.29, 0.717) is 34.9 Å². The van der Waals surface area contributed by atoms with Gasteiger partial charge in [0.15, 0.2) is 0 Å². The minimum absolute atomic E-state index is 0.160. The van der Waals surface area contributed by atoms with Gasteiger partial charge in [0.1, 0.15) is 12.2 Å². The van der Waals surface area contributed by atoms with Crippen LogP contribution in [0.25, 0.3) is 11.3 Å². The van der Waals surface area contributed by atoms with Crippen molar-refractivity contribution in [3.05, 3.63) is 54.2 Å². The number of alkyl halides is 3. The molecule has 1 saturated carbocycles. The lowest BCUT2D eigenvalue weighted by Crippen LogP contribution is -2.60. The topological polar surface area (TPSA) is 88.4 Å². The summed E-state index contributed by atoms with van der Waals surface area (Å²) in [5.41, 5.74) is 3.44. The van der Waals surface area contributed by atoms with Crippen molar-refractivity contribution < 1.29 is 22.7 Å². The zero-order valence-electron chi connectivity index (χ0n) is 21.6. The number of anilines is 2. The highest BCUT2D eigenvalue weighted by Crippen LogP contribution is 2.43. The number of hydrogen-bond donors (Lipinski definition) is 1. The first-order valence-corrected chi connectivity index (χ1v) is 13.2. The molecule has 12 heteroatoms. The van der Waals surface area contributed by atoms with Crippen molar-refractivity contribution in [2.24, 2.45) is 0 Å². The quantitative estimate of drug-likeness (QED) is 0.485. The van der Waals surface area contributed by atoms with Gasteiger partial charge in [-0.3, -0.25) is 19.4 Å². The summed E-state index contributed by atoms with van der Waals surface area (Å²) in [5, 5.41) is 6.79. The number of pyridine rings is 2. The number of halogens is 3. The third-order valence-corrected chi connectivity index (χ3v) is 7.50. The average Bonchev–Trinajstić information content (AvgIpc) is 3.61. The number of nitrogens with zero attached hydrogens (tertiary/aromatic N) is 6. The van der Waals surface area contributed by atoms with Crippen LogP contribution in [0.5, 0.6) is 0 Å². The molecule has 3 aliphatic rings. The van der Waals surface area contributed by atoms with E-state index in [9.17, 15) is 18.0 Å². The molecule has 1 amide bonds. The molecule has 0 unspecified atom stereocenters. The van der Waals surface area contributed by atoms with E-state index >= 15 is 0 Å². The first-order valence-electron chi connectivity index (χ1n) is 13.2. The molecular formula is C27H30F3N7O2. The lowest BCUT2D eigenvalue weighted by Gasteiger charge is -2.47. The van der Waals surface area contributed by atoms with Crippen LogP contribution in [0.1, 0.15) is 41.9 Å². The molecule has 0 bridgehead atoms. The molecule has 206 valence electrons. The van der Waals surface area contributed by atoms with Crippen molar-refractivity contribution in [3.63, 3.8) is 0 Å². The predicted molar refractivity (Wildman–Crippen MR) is 139 cm³/mol. The number of piperazine rings is 1. The van der Waals surface area contributed by atoms with Gasteiger partial charge in [-0.25, -0.2) is 4.98 Å². The van der Waals surface area contributed by atoms with Gasteiger partial charge in [-0.05, 0) is 38.0 Å². The number of carbonyl (C=O) groups is 1. The zero-order chi connectivity index (χ0) is 27.1. The Balaban J connectivity index is 1.19. The first-order chi connectivity index (χ1) is 18.7. The summed E-state index contributed by atoms with van der Waals surface area (Å²) in [6.45, 7) is 5.29. The van der Waals surface area contributed by atoms with Crippen LogP contribution < -0.4 is 10.2 Å². The molecule has 39 heavy (non-hydrogen) atoms. The van der Waals surface area contributed by atoms with Gasteiger partial charge in [0.25, 0.3) is 5.91 Å². The number of amides is 1. The Hall–Kier alpha value is -3.51. The van der Waals surface area contributed by atoms with Crippen LogP contribution in [-0.2, 0) is 11.3 Å². The van der Waals surface area contributed by atoms with Crippen molar-refractivity contribution in [1.29, 1.82) is 0 Å². The maximum absolute atomic E-state index is 13.3. The Morgan fingerprint density at radius 3 is 2.69 bits per heavy atom. The summed E-state index contributed by atoms with van der Waals surface area (Å²) in [6, 6.07) is 7.75. The summed E-state index contributed by atoms with van der Waals surface area (Å²) in [4.78, 5) is 27.2. The van der Waals surface area contributed by atoms with Crippen LogP contribution in [0.2, 0.25) is 0 Å². The standard InChI is InChI=1S/C27H30F3N7O2/c1-17-12-35(7-8-37(17)21-14-39-15-21)20-9-24(25(31-11-20)18-5-6-18)34-26(38)23-4-2-3-22(33-23)19-10-32-36(13-19)16-27(28,29)30/h2-4,9-11,13,17-18,21H,5-8,12,14-16H2,1H3,(H,34,38)/t17-/m0/s1. The molecule has 1 atom stereocenters. The van der Waals surface area contributed by atoms with E-state index in [1.54, 1.807) is 18.2 Å². The third-order valence-electron chi connectivity index (χ3n) is 7.50. The Labute approximate surface area is 224 Å². The molecule has 3 aromatic rings. The van der Waals surface area contributed by atoms with Gasteiger partial charge < -0.3 is 15.0 Å². The van der Waals surface area contributed by atoms with E-state index in [-0.39, 0.29) is 5.69 Å². The molecule has 2 saturated heterocycles. The monoisotopic (exact) mass is 541 g/mol. The summed E-state index contributed by atoms with van der Waals surface area (Å²) < 4.78 is 44.3. The molecule has 9 nitrogen and oxygen atoms in total. The number of rotatable bonds is 7. The van der Waals surface area contributed by atoms with Gasteiger partial charge in [0, 0.05) is 43.4 Å². The van der Waals surface area contributed by atoms with Crippen molar-refractivity contribution >= 4 is 17.3 Å². The van der Waals surface area contributed by atoms with Crippen molar-refractivity contribution in [2.75, 3.05) is 43.1 Å². The number of nitrogens with one attached hydrogen (secondary N) is 1. The molecule has 0 aromatic carbocycles. The highest BCUT2D eigenvalue weighted by atomic mass is 19.4. The van der Waals surface area contributed by atoms with Crippen molar-refractivity contribution in [3.8, 4) is 11.3 Å². The highest BCUT2D eigenvalue weighted by molar-refractivity contribution is 6.03. The second kappa shape index (κ2) is 10.2. The molecule has 1 N–H and O–H groups in total. The van der Waals surface area contributed by atoms with Crippen LogP contribution in [0.4, 0.5) is 24.5 Å². The fourth-order valence-electron chi connectivity index (χ4n) is 5.26. The Morgan fingerprint density at radius 2 is 2.00 bits per heavy atom. The van der Waals surface area contributed by atoms with Gasteiger partial charge in [0.05, 0.1) is 54.4 Å². The summed E-state index contributed by atoms with van der Waals surface area (Å²) >= 11 is 0. The Bertz CT molecular complexity index is 1350. The molecule has 6 rings (SSSR count). The number of aromatic nitrogens is 4. The number of ether oxygens (including phenoxy) is 1. The molecule has 2 aliphatic heterocycles. The van der Waals surface area contributed by atoms with Gasteiger partial charge in [-0.15, -0.1) is 0 Å². The zero-order valence-corrected chi connectivity index (χ0v) is 21.6. The fraction of sp³-hybridized carbons (Fsp3) is 0.481. The van der Waals surface area contributed by atoms with Crippen LogP contribution >= 0.6 is 0 Å². The lowest BCUT2D eigenvalue weighted by atomic mass is 10.1. The number of hydrogen-bond acceptors (Lipinski definition) is 7. The first kappa shape index (κ1) is 25.8. The van der Waals surface area contributed by atoms with Crippen LogP contribution in [0.15, 0.2) is 42.9 Å². The van der Waals surface area contributed by atoms with E-state index in [4.69, 9.17) is 9.72 Å². The largest absolute Gasteiger partial charge is 0.408 e. The van der Waals surface area contributed by atoms with Crippen LogP contribution in [-0.4, -0.2) is 81.7 Å². The summed E-state index contributed by atoms with van der Waals surface area (Å²) in [6.07, 6.45) is 2.17. The van der Waals surface area contributed by atoms with E-state index in [2.05, 4.69) is 32.1 Å². The fourth-order valence-corrected chi connectivity index (χ4v) is 5.26. The molecule has 3 fully saturated rings. The lowest BCUT2D eigenvalue weighted by molar-refractivity contribution is -0.142. The van der Waals surface area contributed by atoms with Gasteiger partial charge >= 0.3 is 6.18 Å². The molecule has 3 aromatic heterocycles. The Morgan fingerprint density at radius 1 is 1.18 bits per heavy atom. The van der Waals surface area contributed by atoms with Crippen LogP contribution in [0.3, 0.4) is 0 Å². The van der Waals surface area contributed by atoms with E-state index in [0.717, 1.165) is 61.8 Å². The normalized spacial score (nSPS) is 20.6. The average molecular weight is 542 g/mol. The highest BCUT2D eigenvalue weighted by Gasteiger charge is 2.34. The molecule has 5 heterocycles. The molecule has 0 radical (unpaired) electrons. The predicted octanol–water partition coefficient (Wildman–Crippen LogP) is 3.94. The SMILES string of the molecule is C[C@H]1CN(c2cnc(C3CC3)c(NC(=O)c3cccc(-c4cnn(CC(F)(F)F)c4)n3)c2)CCN1C1COC1. The summed E-state index contributed by atoms with van der Waals surface area (Å²) in [5.74, 6) is -0.0777. The minimum Gasteiger partial charge on any atom is -0.378 e. The molecule has 0 spiro atoms. The van der Waals surface area contributed by atoms with Crippen LogP contribution in [0, 0.1) is 0 Å². The van der Waals surface area contributed by atoms with Gasteiger partial charge in [-0.2, -0.15) is 18.3 Å². The van der Waals surface area contributed by atoms with Gasteiger partial charge in [-0.1, -0.05) is 6.07 Å². The molecule has 1 aliphatic carbocycles. The smallest absolute Gasteiger partial charge is 0.378 e. The van der Waals surface area contributed by atoms with Gasteiger partial charge in [0.2, 0.25) is 0 Å². The molecular weight excluding hydrogens is 511 g/mol. The van der Waals surface area contributed by atoms with E-state index in [1.165, 1.54) is 12.4 Å². The second-order valence-electron chi connectivity index (χ2n) is 10.5. The summed E-state index contributed by atoms with van der Waals surface area (Å²) in [7, 11) is 0. The van der Waals surface area contributed by atoms with Crippen molar-refractivity contribution in [2.45, 2.75) is 50.5 Å². The van der Waals surface area contributed by atoms with Crippen molar-refractivity contribution in [1.82, 2.24) is 24.6 Å².